The van der Waals surface area contributed by atoms with Gasteiger partial charge in [-0.2, -0.15) is 0 Å². The molecule has 4 aromatic rings. The minimum absolute atomic E-state index is 0.137. The topological polar surface area (TPSA) is 53.5 Å². The van der Waals surface area contributed by atoms with Crippen LogP contribution in [0, 0.1) is 5.82 Å². The Balaban J connectivity index is 1.50. The van der Waals surface area contributed by atoms with Gasteiger partial charge in [-0.15, -0.1) is 11.3 Å². The van der Waals surface area contributed by atoms with Gasteiger partial charge in [-0.05, 0) is 35.8 Å². The van der Waals surface area contributed by atoms with Crippen molar-refractivity contribution in [3.05, 3.63) is 119 Å². The lowest BCUT2D eigenvalue weighted by atomic mass is 10.1. The zero-order valence-corrected chi connectivity index (χ0v) is 20.7. The number of hydrogen-bond donors (Lipinski definition) is 0. The number of halogens is 1. The van der Waals surface area contributed by atoms with Crippen molar-refractivity contribution in [1.82, 2.24) is 9.88 Å². The van der Waals surface area contributed by atoms with Crippen molar-refractivity contribution in [1.29, 1.82) is 0 Å². The van der Waals surface area contributed by atoms with Crippen molar-refractivity contribution in [2.45, 2.75) is 19.9 Å². The quantitative estimate of drug-likeness (QED) is 0.256. The summed E-state index contributed by atoms with van der Waals surface area (Å²) in [5.41, 5.74) is 2.87. The zero-order valence-electron chi connectivity index (χ0n) is 19.9. The van der Waals surface area contributed by atoms with Crippen LogP contribution in [-0.2, 0) is 22.6 Å². The SMILES string of the molecule is CC(=O)N(c1nc(/C=C/C(=O)N(CCc2ccccc2)Cc2ccccc2)cs1)c1ccccc1F. The molecule has 3 aromatic carbocycles. The van der Waals surface area contributed by atoms with Crippen LogP contribution < -0.4 is 4.90 Å². The van der Waals surface area contributed by atoms with E-state index in [1.54, 1.807) is 28.5 Å². The zero-order chi connectivity index (χ0) is 25.3. The van der Waals surface area contributed by atoms with Gasteiger partial charge in [0, 0.05) is 31.5 Å². The molecule has 7 heteroatoms. The van der Waals surface area contributed by atoms with Crippen LogP contribution >= 0.6 is 11.3 Å². The lowest BCUT2D eigenvalue weighted by molar-refractivity contribution is -0.126. The minimum atomic E-state index is -0.509. The molecule has 2 amide bonds. The molecular weight excluding hydrogens is 473 g/mol. The number of carbonyl (C=O) groups is 2. The number of nitrogens with zero attached hydrogens (tertiary/aromatic N) is 3. The normalized spacial score (nSPS) is 10.9. The third kappa shape index (κ3) is 6.52. The fourth-order valence-corrected chi connectivity index (χ4v) is 4.59. The number of para-hydroxylation sites is 1. The second kappa shape index (κ2) is 12.0. The second-order valence-corrected chi connectivity index (χ2v) is 9.01. The Kier molecular flexibility index (Phi) is 8.36. The monoisotopic (exact) mass is 499 g/mol. The molecule has 1 heterocycles. The molecule has 0 aliphatic heterocycles. The Hall–Kier alpha value is -4.10. The standard InChI is InChI=1S/C29H26FN3O2S/c1-22(34)33(27-15-9-8-14-26(27)30)29-31-25(21-36-29)16-17-28(35)32(20-24-12-6-3-7-13-24)19-18-23-10-4-2-5-11-23/h2-17,21H,18-20H2,1H3/b17-16+. The summed E-state index contributed by atoms with van der Waals surface area (Å²) in [6, 6.07) is 26.0. The summed E-state index contributed by atoms with van der Waals surface area (Å²) in [5, 5.41) is 2.08. The summed E-state index contributed by atoms with van der Waals surface area (Å²) in [5.74, 6) is -0.997. The lowest BCUT2D eigenvalue weighted by Crippen LogP contribution is -2.31. The summed E-state index contributed by atoms with van der Waals surface area (Å²) >= 11 is 1.21. The fraction of sp³-hybridized carbons (Fsp3) is 0.138. The number of benzene rings is 3. The largest absolute Gasteiger partial charge is 0.335 e. The summed E-state index contributed by atoms with van der Waals surface area (Å²) in [7, 11) is 0. The van der Waals surface area contributed by atoms with Gasteiger partial charge >= 0.3 is 0 Å². The summed E-state index contributed by atoms with van der Waals surface area (Å²) < 4.78 is 14.3. The average Bonchev–Trinajstić information content (AvgIpc) is 3.36. The Morgan fingerprint density at radius 1 is 0.917 bits per heavy atom. The maximum absolute atomic E-state index is 14.3. The first-order valence-electron chi connectivity index (χ1n) is 11.6. The van der Waals surface area contributed by atoms with Gasteiger partial charge in [-0.3, -0.25) is 14.5 Å². The molecule has 4 rings (SSSR count). The van der Waals surface area contributed by atoms with E-state index in [0.717, 1.165) is 17.5 Å². The smallest absolute Gasteiger partial charge is 0.246 e. The van der Waals surface area contributed by atoms with Gasteiger partial charge in [0.05, 0.1) is 11.4 Å². The number of anilines is 2. The van der Waals surface area contributed by atoms with Gasteiger partial charge in [-0.1, -0.05) is 72.8 Å². The van der Waals surface area contributed by atoms with Gasteiger partial charge in [0.1, 0.15) is 5.82 Å². The van der Waals surface area contributed by atoms with E-state index in [0.29, 0.717) is 23.9 Å². The molecule has 0 saturated carbocycles. The minimum Gasteiger partial charge on any atom is -0.335 e. The van der Waals surface area contributed by atoms with Gasteiger partial charge in [0.2, 0.25) is 11.8 Å². The molecule has 5 nitrogen and oxygen atoms in total. The van der Waals surface area contributed by atoms with Crippen LogP contribution in [0.15, 0.2) is 96.4 Å². The van der Waals surface area contributed by atoms with E-state index < -0.39 is 5.82 Å². The van der Waals surface area contributed by atoms with Gasteiger partial charge < -0.3 is 4.90 Å². The van der Waals surface area contributed by atoms with E-state index >= 15 is 0 Å². The molecule has 1 aromatic heterocycles. The van der Waals surface area contributed by atoms with Crippen molar-refractivity contribution in [2.24, 2.45) is 0 Å². The van der Waals surface area contributed by atoms with E-state index in [9.17, 15) is 14.0 Å². The first kappa shape index (κ1) is 25.0. The van der Waals surface area contributed by atoms with Crippen molar-refractivity contribution in [2.75, 3.05) is 11.4 Å². The van der Waals surface area contributed by atoms with E-state index in [2.05, 4.69) is 4.98 Å². The highest BCUT2D eigenvalue weighted by Crippen LogP contribution is 2.31. The van der Waals surface area contributed by atoms with E-state index in [-0.39, 0.29) is 17.5 Å². The molecule has 0 unspecified atom stereocenters. The molecule has 0 fully saturated rings. The molecule has 0 atom stereocenters. The number of amides is 2. The summed E-state index contributed by atoms with van der Waals surface area (Å²) in [6.07, 6.45) is 3.86. The first-order chi connectivity index (χ1) is 17.5. The second-order valence-electron chi connectivity index (χ2n) is 8.18. The third-order valence-corrected chi connectivity index (χ3v) is 6.39. The highest BCUT2D eigenvalue weighted by atomic mass is 32.1. The molecule has 0 N–H and O–H groups in total. The molecule has 0 aliphatic rings. The molecule has 0 spiro atoms. The number of aromatic nitrogens is 1. The Bertz CT molecular complexity index is 1340. The van der Waals surface area contributed by atoms with Crippen LogP contribution in [0.4, 0.5) is 15.2 Å². The van der Waals surface area contributed by atoms with E-state index in [4.69, 9.17) is 0 Å². The van der Waals surface area contributed by atoms with Crippen LogP contribution in [0.1, 0.15) is 23.7 Å². The van der Waals surface area contributed by atoms with Crippen molar-refractivity contribution in [3.63, 3.8) is 0 Å². The predicted octanol–water partition coefficient (Wildman–Crippen LogP) is 6.25. The Morgan fingerprint density at radius 2 is 1.56 bits per heavy atom. The van der Waals surface area contributed by atoms with Gasteiger partial charge in [-0.25, -0.2) is 9.37 Å². The van der Waals surface area contributed by atoms with Crippen LogP contribution in [0.5, 0.6) is 0 Å². The number of hydrogen-bond acceptors (Lipinski definition) is 4. The van der Waals surface area contributed by atoms with Gasteiger partial charge in [0.15, 0.2) is 5.13 Å². The maximum atomic E-state index is 14.3. The number of rotatable bonds is 9. The first-order valence-corrected chi connectivity index (χ1v) is 12.4. The van der Waals surface area contributed by atoms with Crippen molar-refractivity contribution >= 4 is 40.0 Å². The highest BCUT2D eigenvalue weighted by molar-refractivity contribution is 7.14. The van der Waals surface area contributed by atoms with Crippen LogP contribution in [0.25, 0.3) is 6.08 Å². The number of carbonyl (C=O) groups excluding carboxylic acids is 2. The molecule has 0 radical (unpaired) electrons. The van der Waals surface area contributed by atoms with Crippen LogP contribution in [0.3, 0.4) is 0 Å². The molecule has 0 saturated heterocycles. The van der Waals surface area contributed by atoms with Crippen molar-refractivity contribution < 1.29 is 14.0 Å². The predicted molar refractivity (Wildman–Crippen MR) is 142 cm³/mol. The molecule has 36 heavy (non-hydrogen) atoms. The van der Waals surface area contributed by atoms with Crippen molar-refractivity contribution in [3.8, 4) is 0 Å². The van der Waals surface area contributed by atoms with Gasteiger partial charge in [0.25, 0.3) is 0 Å². The maximum Gasteiger partial charge on any atom is 0.246 e. The molecule has 182 valence electrons. The van der Waals surface area contributed by atoms with Crippen LogP contribution in [-0.4, -0.2) is 28.2 Å². The van der Waals surface area contributed by atoms with Crippen LogP contribution in [0.2, 0.25) is 0 Å². The molecular formula is C29H26FN3O2S. The summed E-state index contributed by atoms with van der Waals surface area (Å²) in [4.78, 5) is 32.9. The Morgan fingerprint density at radius 3 is 2.22 bits per heavy atom. The summed E-state index contributed by atoms with van der Waals surface area (Å²) in [6.45, 7) is 2.42. The third-order valence-electron chi connectivity index (χ3n) is 5.55. The number of thiazole rings is 1. The van der Waals surface area contributed by atoms with E-state index in [1.165, 1.54) is 41.4 Å². The lowest BCUT2D eigenvalue weighted by Gasteiger charge is -2.21. The Labute approximate surface area is 214 Å². The van der Waals surface area contributed by atoms with E-state index in [1.807, 2.05) is 60.7 Å². The molecule has 0 aliphatic carbocycles. The molecule has 0 bridgehead atoms. The highest BCUT2D eigenvalue weighted by Gasteiger charge is 2.20. The average molecular weight is 500 g/mol. The fourth-order valence-electron chi connectivity index (χ4n) is 3.74.